The highest BCUT2D eigenvalue weighted by molar-refractivity contribution is 7.87. The zero-order valence-corrected chi connectivity index (χ0v) is 19.4. The first-order valence-electron chi connectivity index (χ1n) is 11.7. The Bertz CT molecular complexity index is 1200. The van der Waals surface area contributed by atoms with E-state index in [-0.39, 0.29) is 10.7 Å². The molecule has 0 amide bonds. The lowest BCUT2D eigenvalue weighted by Crippen LogP contribution is -2.50. The summed E-state index contributed by atoms with van der Waals surface area (Å²) < 4.78 is 5.16. The van der Waals surface area contributed by atoms with Crippen LogP contribution in [-0.4, -0.2) is 47.9 Å². The van der Waals surface area contributed by atoms with Crippen molar-refractivity contribution in [3.05, 3.63) is 53.6 Å². The summed E-state index contributed by atoms with van der Waals surface area (Å²) in [4.78, 5) is 16.3. The maximum Gasteiger partial charge on any atom is 0.228 e. The first kappa shape index (κ1) is 20.1. The summed E-state index contributed by atoms with van der Waals surface area (Å²) in [6.07, 6.45) is 2.51. The molecule has 3 aromatic rings. The van der Waals surface area contributed by atoms with Gasteiger partial charge in [-0.3, -0.25) is 4.36 Å². The van der Waals surface area contributed by atoms with Crippen molar-refractivity contribution in [2.45, 2.75) is 37.2 Å². The lowest BCUT2D eigenvalue weighted by Gasteiger charge is -2.40. The van der Waals surface area contributed by atoms with E-state index >= 15 is 0 Å². The molecule has 166 valence electrons. The van der Waals surface area contributed by atoms with Crippen molar-refractivity contribution < 1.29 is 0 Å². The fraction of sp³-hybridized carbons (Fsp3) is 0.440. The van der Waals surface area contributed by atoms with Gasteiger partial charge in [0, 0.05) is 48.1 Å². The van der Waals surface area contributed by atoms with Gasteiger partial charge in [0.1, 0.15) is 5.82 Å². The molecule has 1 saturated carbocycles. The van der Waals surface area contributed by atoms with Gasteiger partial charge in [0.2, 0.25) is 5.95 Å². The van der Waals surface area contributed by atoms with E-state index in [4.69, 9.17) is 20.1 Å². The zero-order valence-electron chi connectivity index (χ0n) is 18.6. The topological polar surface area (TPSA) is 70.6 Å². The average molecular weight is 447 g/mol. The van der Waals surface area contributed by atoms with Crippen LogP contribution in [-0.2, 0) is 17.2 Å². The van der Waals surface area contributed by atoms with E-state index < -0.39 is 0 Å². The number of benzene rings is 2. The van der Waals surface area contributed by atoms with Crippen LogP contribution in [0.1, 0.15) is 24.0 Å². The largest absolute Gasteiger partial charge is 0.355 e. The Morgan fingerprint density at radius 2 is 1.94 bits per heavy atom. The second-order valence-corrected chi connectivity index (χ2v) is 11.1. The Kier molecular flexibility index (Phi) is 5.11. The molecule has 3 aliphatic rings. The average Bonchev–Trinajstić information content (AvgIpc) is 3.61. The Morgan fingerprint density at radius 3 is 2.75 bits per heavy atom. The van der Waals surface area contributed by atoms with Crippen LogP contribution in [0, 0.1) is 12.8 Å². The normalized spacial score (nSPS) is 21.5. The number of hydrogen-bond acceptors (Lipinski definition) is 6. The van der Waals surface area contributed by atoms with Crippen LogP contribution in [0.4, 0.5) is 11.8 Å². The standard InChI is InChI=1S/C25H30N6S/c1-17-6-9-22-21(12-17)24(31-14-18(13-26)15-31)28-25(27-22)30-10-11-32(29-20-7-8-20)23-5-3-2-4-19(23)16-30/h2-6,9,12,18,20H,7-8,10-11,13-16,26H2,1H3. The summed E-state index contributed by atoms with van der Waals surface area (Å²) in [6, 6.07) is 15.9. The number of rotatable bonds is 4. The Labute approximate surface area is 191 Å². The molecule has 7 heteroatoms. The third-order valence-corrected chi connectivity index (χ3v) is 8.69. The molecule has 2 fully saturated rings. The van der Waals surface area contributed by atoms with Gasteiger partial charge >= 0.3 is 0 Å². The fourth-order valence-electron chi connectivity index (χ4n) is 4.58. The second kappa shape index (κ2) is 8.12. The van der Waals surface area contributed by atoms with E-state index in [1.165, 1.54) is 28.9 Å². The molecule has 1 unspecified atom stereocenters. The van der Waals surface area contributed by atoms with Gasteiger partial charge in [-0.2, -0.15) is 4.98 Å². The van der Waals surface area contributed by atoms with Crippen molar-refractivity contribution >= 4 is 33.4 Å². The maximum atomic E-state index is 5.90. The van der Waals surface area contributed by atoms with Crippen molar-refractivity contribution in [2.75, 3.05) is 41.7 Å². The highest BCUT2D eigenvalue weighted by atomic mass is 32.2. The first-order chi connectivity index (χ1) is 15.7. The molecule has 1 atom stereocenters. The first-order valence-corrected chi connectivity index (χ1v) is 13.0. The number of nitrogens with two attached hydrogens (primary N) is 1. The summed E-state index contributed by atoms with van der Waals surface area (Å²) in [7, 11) is -0.0364. The quantitative estimate of drug-likeness (QED) is 0.662. The molecule has 0 spiro atoms. The van der Waals surface area contributed by atoms with Crippen LogP contribution in [0.5, 0.6) is 0 Å². The van der Waals surface area contributed by atoms with Crippen molar-refractivity contribution in [3.63, 3.8) is 0 Å². The minimum Gasteiger partial charge on any atom is -0.355 e. The Morgan fingerprint density at radius 1 is 1.09 bits per heavy atom. The summed E-state index contributed by atoms with van der Waals surface area (Å²) >= 11 is 0. The molecule has 2 aliphatic heterocycles. The Hall–Kier alpha value is -2.51. The molecule has 1 aromatic heterocycles. The van der Waals surface area contributed by atoms with E-state index in [9.17, 15) is 0 Å². The monoisotopic (exact) mass is 446 g/mol. The number of fused-ring (bicyclic) bond motifs is 2. The SMILES string of the molecule is Cc1ccc2nc(N3CCS(=NC4CC4)c4ccccc4C3)nc(N3CC(CN)C3)c2c1. The van der Waals surface area contributed by atoms with Gasteiger partial charge in [0.05, 0.1) is 11.6 Å². The highest BCUT2D eigenvalue weighted by Gasteiger charge is 2.30. The van der Waals surface area contributed by atoms with E-state index in [2.05, 4.69) is 59.2 Å². The van der Waals surface area contributed by atoms with Crippen LogP contribution in [0.15, 0.2) is 51.7 Å². The van der Waals surface area contributed by atoms with Crippen LogP contribution >= 0.6 is 0 Å². The van der Waals surface area contributed by atoms with Gasteiger partial charge in [-0.15, -0.1) is 0 Å². The maximum absolute atomic E-state index is 5.90. The fourth-order valence-corrected chi connectivity index (χ4v) is 6.66. The van der Waals surface area contributed by atoms with Crippen molar-refractivity contribution in [1.29, 1.82) is 0 Å². The van der Waals surface area contributed by atoms with Crippen LogP contribution < -0.4 is 15.5 Å². The van der Waals surface area contributed by atoms with E-state index in [0.717, 1.165) is 61.1 Å². The van der Waals surface area contributed by atoms with Gasteiger partial charge < -0.3 is 15.5 Å². The molecule has 6 nitrogen and oxygen atoms in total. The number of anilines is 2. The molecule has 3 heterocycles. The predicted octanol–water partition coefficient (Wildman–Crippen LogP) is 3.68. The summed E-state index contributed by atoms with van der Waals surface area (Å²) in [5, 5.41) is 1.14. The minimum atomic E-state index is -0.0364. The van der Waals surface area contributed by atoms with E-state index in [1.807, 2.05) is 0 Å². The summed E-state index contributed by atoms with van der Waals surface area (Å²) in [6.45, 7) is 6.58. The third-order valence-electron chi connectivity index (χ3n) is 6.66. The molecule has 1 saturated heterocycles. The zero-order chi connectivity index (χ0) is 21.7. The van der Waals surface area contributed by atoms with E-state index in [0.29, 0.717) is 12.0 Å². The number of aromatic nitrogens is 2. The summed E-state index contributed by atoms with van der Waals surface area (Å²) in [5.74, 6) is 3.48. The van der Waals surface area contributed by atoms with Crippen LogP contribution in [0.25, 0.3) is 10.9 Å². The van der Waals surface area contributed by atoms with Crippen LogP contribution in [0.3, 0.4) is 0 Å². The molecule has 32 heavy (non-hydrogen) atoms. The molecule has 0 radical (unpaired) electrons. The second-order valence-electron chi connectivity index (χ2n) is 9.31. The van der Waals surface area contributed by atoms with E-state index in [1.54, 1.807) is 0 Å². The van der Waals surface area contributed by atoms with Gasteiger partial charge in [-0.05, 0) is 50.1 Å². The molecule has 6 rings (SSSR count). The molecule has 2 aromatic carbocycles. The molecular formula is C25H30N6S. The lowest BCUT2D eigenvalue weighted by molar-refractivity contribution is 0.418. The molecule has 0 bridgehead atoms. The number of hydrogen-bond donors (Lipinski definition) is 1. The summed E-state index contributed by atoms with van der Waals surface area (Å²) in [5.41, 5.74) is 9.51. The third kappa shape index (κ3) is 3.77. The number of aryl methyl sites for hydroxylation is 1. The molecule has 2 N–H and O–H groups in total. The predicted molar refractivity (Wildman–Crippen MR) is 132 cm³/mol. The van der Waals surface area contributed by atoms with Gasteiger partial charge in [-0.25, -0.2) is 4.98 Å². The minimum absolute atomic E-state index is 0.0364. The van der Waals surface area contributed by atoms with Crippen LogP contribution in [0.2, 0.25) is 0 Å². The van der Waals surface area contributed by atoms with Crippen molar-refractivity contribution in [2.24, 2.45) is 16.0 Å². The van der Waals surface area contributed by atoms with Crippen molar-refractivity contribution in [1.82, 2.24) is 9.97 Å². The smallest absolute Gasteiger partial charge is 0.228 e. The number of nitrogens with zero attached hydrogens (tertiary/aromatic N) is 5. The van der Waals surface area contributed by atoms with Gasteiger partial charge in [-0.1, -0.05) is 40.5 Å². The van der Waals surface area contributed by atoms with Crippen molar-refractivity contribution in [3.8, 4) is 0 Å². The van der Waals surface area contributed by atoms with Gasteiger partial charge in [0.25, 0.3) is 0 Å². The molecule has 1 aliphatic carbocycles. The lowest BCUT2D eigenvalue weighted by atomic mass is 10.00. The Balaban J connectivity index is 1.40. The highest BCUT2D eigenvalue weighted by Crippen LogP contribution is 2.34. The van der Waals surface area contributed by atoms with Gasteiger partial charge in [0.15, 0.2) is 0 Å². The molecular weight excluding hydrogens is 416 g/mol.